The highest BCUT2D eigenvalue weighted by Crippen LogP contribution is 2.19. The molecule has 0 fully saturated rings. The Hall–Kier alpha value is -0.840. The van der Waals surface area contributed by atoms with E-state index in [1.807, 2.05) is 6.20 Å². The summed E-state index contributed by atoms with van der Waals surface area (Å²) in [6.07, 6.45) is 6.35. The van der Waals surface area contributed by atoms with E-state index < -0.39 is 0 Å². The van der Waals surface area contributed by atoms with E-state index in [2.05, 4.69) is 69.5 Å². The third kappa shape index (κ3) is 2.64. The summed E-state index contributed by atoms with van der Waals surface area (Å²) in [5, 5.41) is 0. The predicted octanol–water partition coefficient (Wildman–Crippen LogP) is 3.95. The van der Waals surface area contributed by atoms with Crippen molar-refractivity contribution in [2.75, 3.05) is 0 Å². The first-order chi connectivity index (χ1) is 7.81. The number of unbranched alkanes of at least 4 members (excludes halogenated alkanes) is 1. The van der Waals surface area contributed by atoms with Crippen LogP contribution in [-0.4, -0.2) is 9.55 Å². The molecule has 0 radical (unpaired) electrons. The van der Waals surface area contributed by atoms with Gasteiger partial charge in [-0.2, -0.15) is 0 Å². The van der Waals surface area contributed by atoms with Crippen LogP contribution >= 0.6 is 22.6 Å². The van der Waals surface area contributed by atoms with Crippen molar-refractivity contribution in [3.63, 3.8) is 0 Å². The second-order valence-corrected chi connectivity index (χ2v) is 5.05. The average Bonchev–Trinajstić information content (AvgIpc) is 2.75. The van der Waals surface area contributed by atoms with Crippen LogP contribution in [-0.2, 0) is 6.54 Å². The molecule has 1 aromatic heterocycles. The molecule has 84 valence electrons. The van der Waals surface area contributed by atoms with Crippen LogP contribution in [0.2, 0.25) is 0 Å². The first-order valence-corrected chi connectivity index (χ1v) is 6.66. The standard InChI is InChI=1S/C13H15IN2/c1-2-3-9-16-10-8-15-13(16)11-4-6-12(14)7-5-11/h4-8,10H,2-3,9H2,1H3. The summed E-state index contributed by atoms with van der Waals surface area (Å²) >= 11 is 2.32. The number of aryl methyl sites for hydroxylation is 1. The molecule has 0 amide bonds. The highest BCUT2D eigenvalue weighted by molar-refractivity contribution is 14.1. The van der Waals surface area contributed by atoms with Gasteiger partial charge in [0.15, 0.2) is 0 Å². The molecular formula is C13H15IN2. The van der Waals surface area contributed by atoms with E-state index in [0.29, 0.717) is 0 Å². The molecule has 2 nitrogen and oxygen atoms in total. The molecular weight excluding hydrogens is 311 g/mol. The Bertz CT molecular complexity index is 445. The molecule has 3 heteroatoms. The van der Waals surface area contributed by atoms with Gasteiger partial charge in [-0.25, -0.2) is 4.98 Å². The van der Waals surface area contributed by atoms with Crippen molar-refractivity contribution in [2.45, 2.75) is 26.3 Å². The Morgan fingerprint density at radius 1 is 1.25 bits per heavy atom. The van der Waals surface area contributed by atoms with Crippen molar-refractivity contribution in [3.8, 4) is 11.4 Å². The van der Waals surface area contributed by atoms with Gasteiger partial charge < -0.3 is 4.57 Å². The zero-order valence-electron chi connectivity index (χ0n) is 9.36. The lowest BCUT2D eigenvalue weighted by Gasteiger charge is -2.06. The fourth-order valence-corrected chi connectivity index (χ4v) is 2.04. The van der Waals surface area contributed by atoms with Gasteiger partial charge >= 0.3 is 0 Å². The fourth-order valence-electron chi connectivity index (χ4n) is 1.68. The van der Waals surface area contributed by atoms with Gasteiger partial charge in [-0.05, 0) is 41.1 Å². The summed E-state index contributed by atoms with van der Waals surface area (Å²) in [5.41, 5.74) is 1.20. The Morgan fingerprint density at radius 3 is 2.69 bits per heavy atom. The molecule has 2 rings (SSSR count). The molecule has 1 aromatic carbocycles. The molecule has 0 aliphatic rings. The third-order valence-electron chi connectivity index (χ3n) is 2.57. The van der Waals surface area contributed by atoms with Crippen molar-refractivity contribution in [1.29, 1.82) is 0 Å². The Balaban J connectivity index is 2.26. The molecule has 2 aromatic rings. The van der Waals surface area contributed by atoms with E-state index in [1.165, 1.54) is 22.0 Å². The highest BCUT2D eigenvalue weighted by atomic mass is 127. The van der Waals surface area contributed by atoms with Crippen molar-refractivity contribution in [3.05, 3.63) is 40.2 Å². The van der Waals surface area contributed by atoms with Crippen LogP contribution in [0.1, 0.15) is 19.8 Å². The SMILES string of the molecule is CCCCn1ccnc1-c1ccc(I)cc1. The van der Waals surface area contributed by atoms with Crippen LogP contribution in [0, 0.1) is 3.57 Å². The molecule has 0 unspecified atom stereocenters. The van der Waals surface area contributed by atoms with E-state index >= 15 is 0 Å². The number of benzene rings is 1. The van der Waals surface area contributed by atoms with E-state index in [1.54, 1.807) is 0 Å². The number of hydrogen-bond acceptors (Lipinski definition) is 1. The predicted molar refractivity (Wildman–Crippen MR) is 75.3 cm³/mol. The van der Waals surface area contributed by atoms with Gasteiger partial charge in [0.05, 0.1) is 0 Å². The van der Waals surface area contributed by atoms with Crippen LogP contribution in [0.15, 0.2) is 36.7 Å². The first-order valence-electron chi connectivity index (χ1n) is 5.58. The van der Waals surface area contributed by atoms with Gasteiger partial charge in [0.1, 0.15) is 5.82 Å². The first kappa shape index (κ1) is 11.6. The van der Waals surface area contributed by atoms with Crippen molar-refractivity contribution < 1.29 is 0 Å². The molecule has 0 aliphatic heterocycles. The van der Waals surface area contributed by atoms with E-state index in [9.17, 15) is 0 Å². The smallest absolute Gasteiger partial charge is 0.139 e. The largest absolute Gasteiger partial charge is 0.331 e. The topological polar surface area (TPSA) is 17.8 Å². The Morgan fingerprint density at radius 2 is 2.00 bits per heavy atom. The van der Waals surface area contributed by atoms with Crippen LogP contribution in [0.3, 0.4) is 0 Å². The maximum atomic E-state index is 4.43. The summed E-state index contributed by atoms with van der Waals surface area (Å²) in [7, 11) is 0. The fraction of sp³-hybridized carbons (Fsp3) is 0.308. The van der Waals surface area contributed by atoms with Crippen molar-refractivity contribution in [2.24, 2.45) is 0 Å². The van der Waals surface area contributed by atoms with Crippen molar-refractivity contribution >= 4 is 22.6 Å². The maximum absolute atomic E-state index is 4.43. The molecule has 1 heterocycles. The van der Waals surface area contributed by atoms with Crippen LogP contribution < -0.4 is 0 Å². The summed E-state index contributed by atoms with van der Waals surface area (Å²) in [6.45, 7) is 3.26. The van der Waals surface area contributed by atoms with E-state index in [4.69, 9.17) is 0 Å². The molecule has 0 saturated heterocycles. The minimum Gasteiger partial charge on any atom is -0.331 e. The lowest BCUT2D eigenvalue weighted by molar-refractivity contribution is 0.637. The van der Waals surface area contributed by atoms with Gasteiger partial charge in [-0.15, -0.1) is 0 Å². The Labute approximate surface area is 110 Å². The van der Waals surface area contributed by atoms with Gasteiger partial charge in [-0.1, -0.05) is 25.5 Å². The van der Waals surface area contributed by atoms with E-state index in [0.717, 1.165) is 12.4 Å². The molecule has 0 bridgehead atoms. The number of rotatable bonds is 4. The van der Waals surface area contributed by atoms with Gasteiger partial charge in [0.2, 0.25) is 0 Å². The number of halogens is 1. The maximum Gasteiger partial charge on any atom is 0.139 e. The molecule has 0 saturated carbocycles. The molecule has 0 spiro atoms. The monoisotopic (exact) mass is 326 g/mol. The number of nitrogens with zero attached hydrogens (tertiary/aromatic N) is 2. The average molecular weight is 326 g/mol. The third-order valence-corrected chi connectivity index (χ3v) is 3.29. The lowest BCUT2D eigenvalue weighted by atomic mass is 10.2. The van der Waals surface area contributed by atoms with Crippen LogP contribution in [0.5, 0.6) is 0 Å². The second-order valence-electron chi connectivity index (χ2n) is 3.80. The van der Waals surface area contributed by atoms with Crippen LogP contribution in [0.4, 0.5) is 0 Å². The summed E-state index contributed by atoms with van der Waals surface area (Å²) < 4.78 is 3.49. The summed E-state index contributed by atoms with van der Waals surface area (Å²) in [5.74, 6) is 1.07. The van der Waals surface area contributed by atoms with Crippen molar-refractivity contribution in [1.82, 2.24) is 9.55 Å². The molecule has 0 N–H and O–H groups in total. The number of hydrogen-bond donors (Lipinski definition) is 0. The van der Waals surface area contributed by atoms with Gasteiger partial charge in [0.25, 0.3) is 0 Å². The summed E-state index contributed by atoms with van der Waals surface area (Å²) in [4.78, 5) is 4.43. The normalized spacial score (nSPS) is 10.6. The Kier molecular flexibility index (Phi) is 3.98. The quantitative estimate of drug-likeness (QED) is 0.778. The van der Waals surface area contributed by atoms with Crippen LogP contribution in [0.25, 0.3) is 11.4 Å². The highest BCUT2D eigenvalue weighted by Gasteiger charge is 2.04. The molecule has 0 atom stereocenters. The zero-order valence-corrected chi connectivity index (χ0v) is 11.5. The number of imidazole rings is 1. The summed E-state index contributed by atoms with van der Waals surface area (Å²) in [6, 6.07) is 8.50. The lowest BCUT2D eigenvalue weighted by Crippen LogP contribution is -1.99. The molecule has 16 heavy (non-hydrogen) atoms. The van der Waals surface area contributed by atoms with Gasteiger partial charge in [-0.3, -0.25) is 0 Å². The second kappa shape index (κ2) is 5.48. The minimum absolute atomic E-state index is 1.05. The number of aromatic nitrogens is 2. The van der Waals surface area contributed by atoms with E-state index in [-0.39, 0.29) is 0 Å². The van der Waals surface area contributed by atoms with Gasteiger partial charge in [0, 0.05) is 28.1 Å². The minimum atomic E-state index is 1.05. The molecule has 0 aliphatic carbocycles. The zero-order chi connectivity index (χ0) is 11.4.